The molecule has 1 amide bonds. The number of nitrogens with one attached hydrogen (secondary N) is 2. The van der Waals surface area contributed by atoms with Crippen LogP contribution in [0.2, 0.25) is 0 Å². The Hall–Kier alpha value is -2.04. The summed E-state index contributed by atoms with van der Waals surface area (Å²) in [5.74, 6) is -0.361. The molecule has 0 saturated heterocycles. The summed E-state index contributed by atoms with van der Waals surface area (Å²) in [5.41, 5.74) is 1.43. The van der Waals surface area contributed by atoms with E-state index in [4.69, 9.17) is 4.74 Å². The Balaban J connectivity index is 2.41. The van der Waals surface area contributed by atoms with Gasteiger partial charge in [0.15, 0.2) is 0 Å². The molecule has 2 N–H and O–H groups in total. The van der Waals surface area contributed by atoms with Crippen molar-refractivity contribution in [2.75, 3.05) is 25.0 Å². The summed E-state index contributed by atoms with van der Waals surface area (Å²) in [6, 6.07) is 7.36. The average Bonchev–Trinajstić information content (AvgIpc) is 2.44. The molecule has 0 bridgehead atoms. The van der Waals surface area contributed by atoms with Gasteiger partial charge < -0.3 is 15.4 Å². The SMILES string of the molecule is CCNc1ccccc1C(=O)NCCCC(=O)OCC. The van der Waals surface area contributed by atoms with Crippen LogP contribution in [0.3, 0.4) is 0 Å². The fourth-order valence-electron chi connectivity index (χ4n) is 1.79. The number of hydrogen-bond acceptors (Lipinski definition) is 4. The highest BCUT2D eigenvalue weighted by atomic mass is 16.5. The van der Waals surface area contributed by atoms with E-state index < -0.39 is 0 Å². The van der Waals surface area contributed by atoms with Crippen LogP contribution in [0.5, 0.6) is 0 Å². The van der Waals surface area contributed by atoms with Crippen LogP contribution in [0.25, 0.3) is 0 Å². The van der Waals surface area contributed by atoms with Crippen LogP contribution >= 0.6 is 0 Å². The van der Waals surface area contributed by atoms with E-state index in [1.807, 2.05) is 25.1 Å². The van der Waals surface area contributed by atoms with Gasteiger partial charge in [-0.1, -0.05) is 12.1 Å². The molecule has 5 heteroatoms. The normalized spacial score (nSPS) is 9.90. The zero-order valence-electron chi connectivity index (χ0n) is 12.1. The summed E-state index contributed by atoms with van der Waals surface area (Å²) in [7, 11) is 0. The predicted molar refractivity (Wildman–Crippen MR) is 78.8 cm³/mol. The van der Waals surface area contributed by atoms with Gasteiger partial charge in [-0.3, -0.25) is 9.59 Å². The lowest BCUT2D eigenvalue weighted by atomic mass is 10.1. The summed E-state index contributed by atoms with van der Waals surface area (Å²) in [5, 5.41) is 5.96. The molecule has 0 aromatic heterocycles. The van der Waals surface area contributed by atoms with Crippen LogP contribution < -0.4 is 10.6 Å². The second kappa shape index (κ2) is 8.96. The summed E-state index contributed by atoms with van der Waals surface area (Å²) in [6.07, 6.45) is 0.900. The highest BCUT2D eigenvalue weighted by Gasteiger charge is 2.10. The number of benzene rings is 1. The first kappa shape index (κ1) is 16.0. The molecule has 0 aliphatic carbocycles. The van der Waals surface area contributed by atoms with E-state index in [2.05, 4.69) is 10.6 Å². The number of rotatable bonds is 8. The van der Waals surface area contributed by atoms with E-state index in [1.165, 1.54) is 0 Å². The van der Waals surface area contributed by atoms with Gasteiger partial charge in [-0.05, 0) is 32.4 Å². The van der Waals surface area contributed by atoms with Gasteiger partial charge in [0, 0.05) is 25.2 Å². The topological polar surface area (TPSA) is 67.4 Å². The highest BCUT2D eigenvalue weighted by Crippen LogP contribution is 2.14. The van der Waals surface area contributed by atoms with Crippen molar-refractivity contribution in [1.82, 2.24) is 5.32 Å². The molecule has 0 spiro atoms. The van der Waals surface area contributed by atoms with Gasteiger partial charge in [0.2, 0.25) is 0 Å². The maximum atomic E-state index is 12.0. The van der Waals surface area contributed by atoms with Gasteiger partial charge in [0.1, 0.15) is 0 Å². The van der Waals surface area contributed by atoms with E-state index in [1.54, 1.807) is 13.0 Å². The van der Waals surface area contributed by atoms with Crippen LogP contribution in [0.4, 0.5) is 5.69 Å². The van der Waals surface area contributed by atoms with Gasteiger partial charge in [-0.15, -0.1) is 0 Å². The number of hydrogen-bond donors (Lipinski definition) is 2. The largest absolute Gasteiger partial charge is 0.466 e. The Morgan fingerprint density at radius 2 is 1.95 bits per heavy atom. The maximum absolute atomic E-state index is 12.0. The standard InChI is InChI=1S/C15H22N2O3/c1-3-16-13-9-6-5-8-12(13)15(19)17-11-7-10-14(18)20-4-2/h5-6,8-9,16H,3-4,7,10-11H2,1-2H3,(H,17,19). The zero-order valence-corrected chi connectivity index (χ0v) is 12.1. The minimum absolute atomic E-state index is 0.134. The molecule has 0 unspecified atom stereocenters. The van der Waals surface area contributed by atoms with Crippen molar-refractivity contribution in [3.05, 3.63) is 29.8 Å². The molecular formula is C15H22N2O3. The van der Waals surface area contributed by atoms with Crippen LogP contribution in [-0.4, -0.2) is 31.6 Å². The number of esters is 1. The number of carbonyl (C=O) groups excluding carboxylic acids is 2. The lowest BCUT2D eigenvalue weighted by Crippen LogP contribution is -2.26. The maximum Gasteiger partial charge on any atom is 0.305 e. The molecule has 110 valence electrons. The van der Waals surface area contributed by atoms with E-state index in [0.29, 0.717) is 31.6 Å². The average molecular weight is 278 g/mol. The molecule has 0 heterocycles. The quantitative estimate of drug-likeness (QED) is 0.565. The van der Waals surface area contributed by atoms with Crippen LogP contribution in [0.1, 0.15) is 37.0 Å². The van der Waals surface area contributed by atoms with Crippen molar-refractivity contribution < 1.29 is 14.3 Å². The van der Waals surface area contributed by atoms with E-state index in [-0.39, 0.29) is 11.9 Å². The molecule has 0 aliphatic rings. The molecule has 1 aromatic carbocycles. The monoisotopic (exact) mass is 278 g/mol. The molecule has 0 fully saturated rings. The number of anilines is 1. The Morgan fingerprint density at radius 1 is 1.20 bits per heavy atom. The molecule has 20 heavy (non-hydrogen) atoms. The van der Waals surface area contributed by atoms with Crippen molar-refractivity contribution in [2.45, 2.75) is 26.7 Å². The molecule has 0 atom stereocenters. The van der Waals surface area contributed by atoms with E-state index in [0.717, 1.165) is 12.2 Å². The molecule has 0 radical (unpaired) electrons. The van der Waals surface area contributed by atoms with Gasteiger partial charge in [0.05, 0.1) is 12.2 Å². The van der Waals surface area contributed by atoms with Crippen molar-refractivity contribution >= 4 is 17.6 Å². The van der Waals surface area contributed by atoms with Crippen molar-refractivity contribution in [3.8, 4) is 0 Å². The Bertz CT molecular complexity index is 446. The van der Waals surface area contributed by atoms with Gasteiger partial charge >= 0.3 is 5.97 Å². The minimum Gasteiger partial charge on any atom is -0.466 e. The van der Waals surface area contributed by atoms with E-state index >= 15 is 0 Å². The first-order chi connectivity index (χ1) is 9.69. The number of amides is 1. The summed E-state index contributed by atoms with van der Waals surface area (Å²) >= 11 is 0. The van der Waals surface area contributed by atoms with E-state index in [9.17, 15) is 9.59 Å². The summed E-state index contributed by atoms with van der Waals surface area (Å²) in [6.45, 7) is 5.36. The Labute approximate surface area is 119 Å². The molecule has 5 nitrogen and oxygen atoms in total. The van der Waals surface area contributed by atoms with Crippen molar-refractivity contribution in [3.63, 3.8) is 0 Å². The fraction of sp³-hybridized carbons (Fsp3) is 0.467. The van der Waals surface area contributed by atoms with Crippen LogP contribution in [0, 0.1) is 0 Å². The number of ether oxygens (including phenoxy) is 1. The third-order valence-corrected chi connectivity index (χ3v) is 2.69. The Kier molecular flexibility index (Phi) is 7.17. The first-order valence-electron chi connectivity index (χ1n) is 6.95. The minimum atomic E-state index is -0.227. The van der Waals surface area contributed by atoms with Gasteiger partial charge in [-0.25, -0.2) is 0 Å². The lowest BCUT2D eigenvalue weighted by Gasteiger charge is -2.10. The second-order valence-corrected chi connectivity index (χ2v) is 4.24. The third-order valence-electron chi connectivity index (χ3n) is 2.69. The predicted octanol–water partition coefficient (Wildman–Crippen LogP) is 2.19. The first-order valence-corrected chi connectivity index (χ1v) is 6.95. The zero-order chi connectivity index (χ0) is 14.8. The summed E-state index contributed by atoms with van der Waals surface area (Å²) in [4.78, 5) is 23.2. The van der Waals surface area contributed by atoms with Crippen LogP contribution in [0.15, 0.2) is 24.3 Å². The van der Waals surface area contributed by atoms with Gasteiger partial charge in [-0.2, -0.15) is 0 Å². The second-order valence-electron chi connectivity index (χ2n) is 4.24. The number of para-hydroxylation sites is 1. The molecule has 0 saturated carbocycles. The fourth-order valence-corrected chi connectivity index (χ4v) is 1.79. The van der Waals surface area contributed by atoms with Crippen molar-refractivity contribution in [1.29, 1.82) is 0 Å². The summed E-state index contributed by atoms with van der Waals surface area (Å²) < 4.78 is 4.82. The lowest BCUT2D eigenvalue weighted by molar-refractivity contribution is -0.143. The molecule has 1 aromatic rings. The molecular weight excluding hydrogens is 256 g/mol. The third kappa shape index (κ3) is 5.30. The number of carbonyl (C=O) groups is 2. The van der Waals surface area contributed by atoms with Crippen LogP contribution in [-0.2, 0) is 9.53 Å². The molecule has 1 rings (SSSR count). The van der Waals surface area contributed by atoms with Crippen molar-refractivity contribution in [2.24, 2.45) is 0 Å². The van der Waals surface area contributed by atoms with Gasteiger partial charge in [0.25, 0.3) is 5.91 Å². The Morgan fingerprint density at radius 3 is 2.65 bits per heavy atom. The molecule has 0 aliphatic heterocycles. The smallest absolute Gasteiger partial charge is 0.305 e. The highest BCUT2D eigenvalue weighted by molar-refractivity contribution is 5.99.